The molecule has 0 aliphatic carbocycles. The minimum atomic E-state index is -0.647. The van der Waals surface area contributed by atoms with Gasteiger partial charge in [-0.2, -0.15) is 0 Å². The van der Waals surface area contributed by atoms with Crippen LogP contribution in [-0.2, 0) is 16.0 Å². The van der Waals surface area contributed by atoms with Crippen LogP contribution >= 0.6 is 0 Å². The molecule has 3 rings (SSSR count). The molecule has 2 N–H and O–H groups in total. The molecular weight excluding hydrogens is 340 g/mol. The van der Waals surface area contributed by atoms with Gasteiger partial charge in [-0.3, -0.25) is 4.79 Å². The van der Waals surface area contributed by atoms with Gasteiger partial charge in [-0.05, 0) is 37.5 Å². The van der Waals surface area contributed by atoms with Gasteiger partial charge in [-0.25, -0.2) is 13.8 Å². The first-order valence-electron chi connectivity index (χ1n) is 8.79. The zero-order valence-corrected chi connectivity index (χ0v) is 15.1. The van der Waals surface area contributed by atoms with Crippen molar-refractivity contribution in [3.8, 4) is 0 Å². The lowest BCUT2D eigenvalue weighted by molar-refractivity contribution is -0.122. The predicted octanol–water partition coefficient (Wildman–Crippen LogP) is 3.66. The van der Waals surface area contributed by atoms with Crippen LogP contribution in [0, 0.1) is 18.6 Å². The first kappa shape index (κ1) is 18.5. The van der Waals surface area contributed by atoms with Crippen molar-refractivity contribution in [2.24, 2.45) is 0 Å². The minimum Gasteiger partial charge on any atom is -0.364 e. The fourth-order valence-corrected chi connectivity index (χ4v) is 3.50. The fourth-order valence-electron chi connectivity index (χ4n) is 3.50. The van der Waals surface area contributed by atoms with E-state index in [9.17, 15) is 13.6 Å². The molecule has 2 aromatic rings. The van der Waals surface area contributed by atoms with Crippen molar-refractivity contribution in [3.05, 3.63) is 52.6 Å². The van der Waals surface area contributed by atoms with Crippen molar-refractivity contribution in [1.82, 2.24) is 15.3 Å². The Balaban J connectivity index is 1.92. The summed E-state index contributed by atoms with van der Waals surface area (Å²) in [6.45, 7) is 5.38. The molecule has 7 heteroatoms. The van der Waals surface area contributed by atoms with Crippen molar-refractivity contribution in [2.45, 2.75) is 58.3 Å². The summed E-state index contributed by atoms with van der Waals surface area (Å²) in [5.74, 6) is -0.582. The third-order valence-electron chi connectivity index (χ3n) is 4.60. The maximum absolute atomic E-state index is 13.6. The summed E-state index contributed by atoms with van der Waals surface area (Å²) in [5.41, 5.74) is 2.10. The van der Waals surface area contributed by atoms with Gasteiger partial charge >= 0.3 is 0 Å². The van der Waals surface area contributed by atoms with Crippen LogP contribution in [0.4, 0.5) is 8.78 Å². The number of nitrogens with zero attached hydrogens (tertiary/aromatic N) is 1. The SMILES string of the molecule is CCc1nc([C@@H]2C[C@H](NC(C)=O)C[C@H](c3cc(F)cc(F)c3)O2)c(C)[nH]1. The molecule has 26 heavy (non-hydrogen) atoms. The molecule has 1 amide bonds. The van der Waals surface area contributed by atoms with E-state index in [1.807, 2.05) is 13.8 Å². The number of aromatic nitrogens is 2. The van der Waals surface area contributed by atoms with Crippen molar-refractivity contribution in [3.63, 3.8) is 0 Å². The number of benzene rings is 1. The molecule has 1 saturated heterocycles. The molecule has 0 unspecified atom stereocenters. The average Bonchev–Trinajstić information content (AvgIpc) is 2.94. The number of nitrogens with one attached hydrogen (secondary N) is 2. The van der Waals surface area contributed by atoms with Crippen LogP contribution in [0.15, 0.2) is 18.2 Å². The highest BCUT2D eigenvalue weighted by atomic mass is 19.1. The zero-order valence-electron chi connectivity index (χ0n) is 15.1. The van der Waals surface area contributed by atoms with Gasteiger partial charge in [0.1, 0.15) is 23.6 Å². The molecule has 3 atom stereocenters. The van der Waals surface area contributed by atoms with Crippen LogP contribution in [0.3, 0.4) is 0 Å². The summed E-state index contributed by atoms with van der Waals surface area (Å²) >= 11 is 0. The van der Waals surface area contributed by atoms with Crippen LogP contribution in [0.25, 0.3) is 0 Å². The van der Waals surface area contributed by atoms with E-state index in [1.165, 1.54) is 19.1 Å². The number of halogens is 2. The molecule has 2 heterocycles. The van der Waals surface area contributed by atoms with Crippen LogP contribution < -0.4 is 5.32 Å². The second kappa shape index (κ2) is 7.53. The van der Waals surface area contributed by atoms with E-state index < -0.39 is 17.7 Å². The van der Waals surface area contributed by atoms with Gasteiger partial charge in [0.25, 0.3) is 0 Å². The topological polar surface area (TPSA) is 67.0 Å². The Hall–Kier alpha value is -2.28. The standard InChI is InChI=1S/C19H23F2N3O2/c1-4-18-22-10(2)19(24-18)17-9-15(23-11(3)25)8-16(26-17)12-5-13(20)7-14(21)6-12/h5-7,15-17H,4,8-9H2,1-3H3,(H,22,24)(H,23,25)/t15-,16-,17+/m1/s1. The van der Waals surface area contributed by atoms with Gasteiger partial charge < -0.3 is 15.0 Å². The van der Waals surface area contributed by atoms with E-state index in [2.05, 4.69) is 15.3 Å². The smallest absolute Gasteiger partial charge is 0.217 e. The third kappa shape index (κ3) is 4.09. The molecule has 0 spiro atoms. The van der Waals surface area contributed by atoms with Gasteiger partial charge in [0.05, 0.1) is 11.8 Å². The quantitative estimate of drug-likeness (QED) is 0.871. The maximum Gasteiger partial charge on any atom is 0.217 e. The molecule has 5 nitrogen and oxygen atoms in total. The Labute approximate surface area is 151 Å². The lowest BCUT2D eigenvalue weighted by Gasteiger charge is -2.35. The number of hydrogen-bond donors (Lipinski definition) is 2. The number of aryl methyl sites for hydroxylation is 2. The minimum absolute atomic E-state index is 0.146. The number of hydrogen-bond acceptors (Lipinski definition) is 3. The Bertz CT molecular complexity index is 786. The predicted molar refractivity (Wildman–Crippen MR) is 92.5 cm³/mol. The van der Waals surface area contributed by atoms with Gasteiger partial charge in [0.2, 0.25) is 5.91 Å². The number of carbonyl (C=O) groups is 1. The van der Waals surface area contributed by atoms with Crippen LogP contribution in [0.1, 0.15) is 61.7 Å². The molecule has 1 fully saturated rings. The molecule has 0 bridgehead atoms. The number of rotatable bonds is 4. The summed E-state index contributed by atoms with van der Waals surface area (Å²) < 4.78 is 33.4. The number of H-pyrrole nitrogens is 1. The molecule has 140 valence electrons. The summed E-state index contributed by atoms with van der Waals surface area (Å²) in [7, 11) is 0. The highest BCUT2D eigenvalue weighted by Gasteiger charge is 2.34. The van der Waals surface area contributed by atoms with E-state index in [4.69, 9.17) is 4.74 Å². The van der Waals surface area contributed by atoms with Gasteiger partial charge in [-0.15, -0.1) is 0 Å². The molecule has 0 saturated carbocycles. The Kier molecular flexibility index (Phi) is 5.36. The summed E-state index contributed by atoms with van der Waals surface area (Å²) in [4.78, 5) is 19.3. The highest BCUT2D eigenvalue weighted by Crippen LogP contribution is 2.39. The van der Waals surface area contributed by atoms with Crippen LogP contribution in [0.2, 0.25) is 0 Å². The van der Waals surface area contributed by atoms with Crippen molar-refractivity contribution >= 4 is 5.91 Å². The first-order chi connectivity index (χ1) is 12.4. The summed E-state index contributed by atoms with van der Waals surface area (Å²) in [6, 6.07) is 3.22. The molecule has 0 radical (unpaired) electrons. The fraction of sp³-hybridized carbons (Fsp3) is 0.474. The van der Waals surface area contributed by atoms with Crippen LogP contribution in [-0.4, -0.2) is 21.9 Å². The summed E-state index contributed by atoms with van der Waals surface area (Å²) in [5, 5.41) is 2.91. The van der Waals surface area contributed by atoms with Crippen molar-refractivity contribution in [2.75, 3.05) is 0 Å². The third-order valence-corrected chi connectivity index (χ3v) is 4.60. The van der Waals surface area contributed by atoms with E-state index >= 15 is 0 Å². The zero-order chi connectivity index (χ0) is 18.8. The second-order valence-corrected chi connectivity index (χ2v) is 6.73. The van der Waals surface area contributed by atoms with Crippen molar-refractivity contribution in [1.29, 1.82) is 0 Å². The van der Waals surface area contributed by atoms with Gasteiger partial charge in [-0.1, -0.05) is 6.92 Å². The number of carbonyl (C=O) groups excluding carboxylic acids is 1. The Morgan fingerprint density at radius 1 is 1.27 bits per heavy atom. The number of ether oxygens (including phenoxy) is 1. The van der Waals surface area contributed by atoms with Gasteiger partial charge in [0.15, 0.2) is 0 Å². The molecule has 1 aromatic heterocycles. The van der Waals surface area contributed by atoms with E-state index in [1.54, 1.807) is 0 Å². The normalized spacial score (nSPS) is 23.0. The monoisotopic (exact) mass is 363 g/mol. The second-order valence-electron chi connectivity index (χ2n) is 6.73. The Morgan fingerprint density at radius 3 is 2.50 bits per heavy atom. The van der Waals surface area contributed by atoms with Gasteiger partial charge in [0, 0.05) is 31.1 Å². The van der Waals surface area contributed by atoms with Crippen molar-refractivity contribution < 1.29 is 18.3 Å². The van der Waals surface area contributed by atoms with E-state index in [-0.39, 0.29) is 18.1 Å². The average molecular weight is 363 g/mol. The lowest BCUT2D eigenvalue weighted by atomic mass is 9.92. The lowest BCUT2D eigenvalue weighted by Crippen LogP contribution is -2.40. The van der Waals surface area contributed by atoms with Crippen LogP contribution in [0.5, 0.6) is 0 Å². The first-order valence-corrected chi connectivity index (χ1v) is 8.79. The molecule has 1 aliphatic heterocycles. The maximum atomic E-state index is 13.6. The Morgan fingerprint density at radius 2 is 1.92 bits per heavy atom. The summed E-state index contributed by atoms with van der Waals surface area (Å²) in [6.07, 6.45) is 0.873. The molecule has 1 aromatic carbocycles. The number of amides is 1. The number of imidazole rings is 1. The van der Waals surface area contributed by atoms with E-state index in [0.29, 0.717) is 18.4 Å². The van der Waals surface area contributed by atoms with E-state index in [0.717, 1.165) is 29.7 Å². The largest absolute Gasteiger partial charge is 0.364 e. The number of aromatic amines is 1. The highest BCUT2D eigenvalue weighted by molar-refractivity contribution is 5.73. The molecule has 1 aliphatic rings. The molecular formula is C19H23F2N3O2.